The molecule has 10 aromatic rings. The molecule has 0 saturated carbocycles. The first-order chi connectivity index (χ1) is 32.0. The van der Waals surface area contributed by atoms with Crippen molar-refractivity contribution in [3.8, 4) is 55.6 Å². The molecule has 2 nitrogen and oxygen atoms in total. The number of anilines is 6. The number of para-hydroxylation sites is 1. The second kappa shape index (κ2) is 16.8. The number of rotatable bonds is 10. The smallest absolute Gasteiger partial charge is 0.0540 e. The van der Waals surface area contributed by atoms with Crippen LogP contribution in [0.5, 0.6) is 0 Å². The Bertz CT molecular complexity index is 3230. The summed E-state index contributed by atoms with van der Waals surface area (Å²) in [6.45, 7) is 4.70. The Morgan fingerprint density at radius 2 is 0.631 bits per heavy atom. The molecular weight excluding hydrogens is 785 g/mol. The van der Waals surface area contributed by atoms with E-state index in [1.165, 1.54) is 44.5 Å². The molecule has 11 rings (SSSR count). The largest absolute Gasteiger partial charge is 0.310 e. The van der Waals surface area contributed by atoms with E-state index in [0.29, 0.717) is 0 Å². The first-order valence-corrected chi connectivity index (χ1v) is 22.5. The van der Waals surface area contributed by atoms with Crippen molar-refractivity contribution >= 4 is 34.1 Å². The van der Waals surface area contributed by atoms with Crippen LogP contribution in [0.25, 0.3) is 55.6 Å². The minimum absolute atomic E-state index is 0.112. The van der Waals surface area contributed by atoms with Crippen LogP contribution in [0.2, 0.25) is 0 Å². The summed E-state index contributed by atoms with van der Waals surface area (Å²) in [6.07, 6.45) is 0. The second-order valence-corrected chi connectivity index (χ2v) is 17.4. The fourth-order valence-corrected chi connectivity index (χ4v) is 9.71. The minimum atomic E-state index is -0.112. The molecular formula is C63H48N2. The summed E-state index contributed by atoms with van der Waals surface area (Å²) in [5.74, 6) is 0. The van der Waals surface area contributed by atoms with Crippen LogP contribution in [-0.4, -0.2) is 0 Å². The van der Waals surface area contributed by atoms with Crippen LogP contribution in [0.4, 0.5) is 34.1 Å². The molecule has 2 heteroatoms. The Morgan fingerprint density at radius 3 is 1.18 bits per heavy atom. The highest BCUT2D eigenvalue weighted by atomic mass is 15.1. The van der Waals surface area contributed by atoms with Crippen molar-refractivity contribution in [2.45, 2.75) is 19.3 Å². The van der Waals surface area contributed by atoms with Crippen molar-refractivity contribution in [1.29, 1.82) is 0 Å². The molecule has 0 saturated heterocycles. The molecule has 310 valence electrons. The van der Waals surface area contributed by atoms with Crippen LogP contribution in [0.1, 0.15) is 25.0 Å². The summed E-state index contributed by atoms with van der Waals surface area (Å²) >= 11 is 0. The molecule has 0 unspecified atom stereocenters. The van der Waals surface area contributed by atoms with Gasteiger partial charge in [-0.3, -0.25) is 0 Å². The van der Waals surface area contributed by atoms with Gasteiger partial charge in [-0.25, -0.2) is 0 Å². The van der Waals surface area contributed by atoms with Gasteiger partial charge in [-0.2, -0.15) is 0 Å². The molecule has 1 aliphatic rings. The molecule has 0 amide bonds. The Kier molecular flexibility index (Phi) is 10.3. The molecule has 0 atom stereocenters. The van der Waals surface area contributed by atoms with Gasteiger partial charge in [0.2, 0.25) is 0 Å². The fraction of sp³-hybridized carbons (Fsp3) is 0.0476. The predicted octanol–water partition coefficient (Wildman–Crippen LogP) is 17.6. The number of hydrogen-bond donors (Lipinski definition) is 0. The third kappa shape index (κ3) is 7.49. The van der Waals surface area contributed by atoms with E-state index in [4.69, 9.17) is 0 Å². The molecule has 0 aliphatic heterocycles. The Morgan fingerprint density at radius 1 is 0.246 bits per heavy atom. The van der Waals surface area contributed by atoms with E-state index in [-0.39, 0.29) is 5.41 Å². The lowest BCUT2D eigenvalue weighted by Gasteiger charge is -2.29. The van der Waals surface area contributed by atoms with Crippen LogP contribution in [0.3, 0.4) is 0 Å². The third-order valence-corrected chi connectivity index (χ3v) is 13.1. The fourth-order valence-electron chi connectivity index (χ4n) is 9.71. The van der Waals surface area contributed by atoms with Gasteiger partial charge < -0.3 is 9.80 Å². The summed E-state index contributed by atoms with van der Waals surface area (Å²) in [4.78, 5) is 4.78. The van der Waals surface area contributed by atoms with Crippen molar-refractivity contribution in [3.63, 3.8) is 0 Å². The summed E-state index contributed by atoms with van der Waals surface area (Å²) in [5, 5.41) is 0. The van der Waals surface area contributed by atoms with Crippen LogP contribution in [0.15, 0.2) is 255 Å². The number of hydrogen-bond acceptors (Lipinski definition) is 2. The standard InChI is InChI=1S/C63H48N2/c1-63(2)60-26-16-15-25-57(60)58-41-40-56(44-61(58)63)64(53-34-27-47(28-35-53)45-17-7-3-8-18-45)54-36-31-49(32-37-54)51-33-42-62(59(43-51)50-21-11-5-12-22-50)65(52-23-13-6-14-24-52)55-38-29-48(30-39-55)46-19-9-4-10-20-46/h3-44H,1-2H3. The Labute approximate surface area is 383 Å². The lowest BCUT2D eigenvalue weighted by Crippen LogP contribution is -2.16. The first-order valence-electron chi connectivity index (χ1n) is 22.5. The molecule has 0 radical (unpaired) electrons. The van der Waals surface area contributed by atoms with Gasteiger partial charge in [0.15, 0.2) is 0 Å². The van der Waals surface area contributed by atoms with Gasteiger partial charge in [-0.1, -0.05) is 196 Å². The predicted molar refractivity (Wildman–Crippen MR) is 275 cm³/mol. The first kappa shape index (κ1) is 39.6. The lowest BCUT2D eigenvalue weighted by atomic mass is 9.82. The zero-order chi connectivity index (χ0) is 43.7. The molecule has 0 N–H and O–H groups in total. The summed E-state index contributed by atoms with van der Waals surface area (Å²) in [6, 6.07) is 92.4. The molecule has 0 fully saturated rings. The molecule has 65 heavy (non-hydrogen) atoms. The van der Waals surface area contributed by atoms with Gasteiger partial charge in [0.1, 0.15) is 0 Å². The normalized spacial score (nSPS) is 12.3. The third-order valence-electron chi connectivity index (χ3n) is 13.1. The average Bonchev–Trinajstić information content (AvgIpc) is 3.61. The summed E-state index contributed by atoms with van der Waals surface area (Å²) in [5.41, 5.74) is 21.4. The molecule has 1 aliphatic carbocycles. The lowest BCUT2D eigenvalue weighted by molar-refractivity contribution is 0.660. The van der Waals surface area contributed by atoms with Gasteiger partial charge in [0.25, 0.3) is 0 Å². The summed E-state index contributed by atoms with van der Waals surface area (Å²) < 4.78 is 0. The average molecular weight is 833 g/mol. The number of nitrogens with zero attached hydrogens (tertiary/aromatic N) is 2. The molecule has 0 bridgehead atoms. The highest BCUT2D eigenvalue weighted by molar-refractivity contribution is 5.92. The molecule has 0 heterocycles. The molecule has 0 spiro atoms. The van der Waals surface area contributed by atoms with E-state index in [9.17, 15) is 0 Å². The maximum absolute atomic E-state index is 2.41. The van der Waals surface area contributed by atoms with Crippen LogP contribution in [-0.2, 0) is 5.41 Å². The van der Waals surface area contributed by atoms with Crippen LogP contribution < -0.4 is 9.80 Å². The van der Waals surface area contributed by atoms with E-state index in [0.717, 1.165) is 56.4 Å². The summed E-state index contributed by atoms with van der Waals surface area (Å²) in [7, 11) is 0. The van der Waals surface area contributed by atoms with Crippen molar-refractivity contribution in [2.75, 3.05) is 9.80 Å². The van der Waals surface area contributed by atoms with E-state index in [1.807, 2.05) is 0 Å². The van der Waals surface area contributed by atoms with E-state index < -0.39 is 0 Å². The van der Waals surface area contributed by atoms with Crippen molar-refractivity contribution in [1.82, 2.24) is 0 Å². The molecule has 0 aromatic heterocycles. The quantitative estimate of drug-likeness (QED) is 0.135. The van der Waals surface area contributed by atoms with Crippen LogP contribution >= 0.6 is 0 Å². The van der Waals surface area contributed by atoms with Gasteiger partial charge in [-0.15, -0.1) is 0 Å². The Hall–Kier alpha value is -8.20. The van der Waals surface area contributed by atoms with Crippen molar-refractivity contribution < 1.29 is 0 Å². The van der Waals surface area contributed by atoms with Crippen molar-refractivity contribution in [3.05, 3.63) is 266 Å². The number of fused-ring (bicyclic) bond motifs is 3. The monoisotopic (exact) mass is 832 g/mol. The van der Waals surface area contributed by atoms with E-state index in [2.05, 4.69) is 278 Å². The highest BCUT2D eigenvalue weighted by Gasteiger charge is 2.35. The van der Waals surface area contributed by atoms with Crippen LogP contribution in [0, 0.1) is 0 Å². The second-order valence-electron chi connectivity index (χ2n) is 17.4. The van der Waals surface area contributed by atoms with Gasteiger partial charge in [0, 0.05) is 39.4 Å². The SMILES string of the molecule is CC1(C)c2ccccc2-c2ccc(N(c3ccc(-c4ccccc4)cc3)c3ccc(-c4ccc(N(c5ccccc5)c5ccc(-c6ccccc6)cc5)c(-c5ccccc5)c4)cc3)cc21. The van der Waals surface area contributed by atoms with E-state index >= 15 is 0 Å². The topological polar surface area (TPSA) is 6.48 Å². The maximum atomic E-state index is 2.41. The van der Waals surface area contributed by atoms with Crippen molar-refractivity contribution in [2.24, 2.45) is 0 Å². The number of benzene rings is 10. The van der Waals surface area contributed by atoms with Gasteiger partial charge in [0.05, 0.1) is 5.69 Å². The Balaban J connectivity index is 0.993. The minimum Gasteiger partial charge on any atom is -0.310 e. The zero-order valence-electron chi connectivity index (χ0n) is 36.6. The molecule has 10 aromatic carbocycles. The zero-order valence-corrected chi connectivity index (χ0v) is 36.6. The highest BCUT2D eigenvalue weighted by Crippen LogP contribution is 2.51. The van der Waals surface area contributed by atoms with Gasteiger partial charge >= 0.3 is 0 Å². The van der Waals surface area contributed by atoms with Gasteiger partial charge in [-0.05, 0) is 134 Å². The maximum Gasteiger partial charge on any atom is 0.0540 e. The van der Waals surface area contributed by atoms with E-state index in [1.54, 1.807) is 0 Å².